The van der Waals surface area contributed by atoms with Gasteiger partial charge in [-0.1, -0.05) is 123 Å². The number of hydrogen-bond acceptors (Lipinski definition) is 4. The van der Waals surface area contributed by atoms with Crippen LogP contribution in [0.3, 0.4) is 0 Å². The molecule has 7 heteroatoms. The number of hydrogen-bond donors (Lipinski definition) is 0. The molecule has 0 N–H and O–H groups in total. The zero-order valence-electron chi connectivity index (χ0n) is 40.1. The predicted octanol–water partition coefficient (Wildman–Crippen LogP) is 15.5. The van der Waals surface area contributed by atoms with Gasteiger partial charge in [0.1, 0.15) is 0 Å². The van der Waals surface area contributed by atoms with Gasteiger partial charge >= 0.3 is 126 Å². The maximum Gasteiger partial charge on any atom is 0.216 e. The van der Waals surface area contributed by atoms with E-state index in [1.165, 1.54) is 38.2 Å². The molecule has 0 amide bonds. The summed E-state index contributed by atoms with van der Waals surface area (Å²) in [5, 5.41) is 7.21. The first kappa shape index (κ1) is 46.9. The first-order valence-corrected chi connectivity index (χ1v) is 30.9. The van der Waals surface area contributed by atoms with Crippen LogP contribution in [-0.2, 0) is 33.1 Å². The molecule has 0 aliphatic rings. The van der Waals surface area contributed by atoms with Gasteiger partial charge in [0.05, 0.1) is 28.1 Å². The molecular formula is C61H56GeIrN4O-2. The van der Waals surface area contributed by atoms with Crippen molar-refractivity contribution in [2.45, 2.75) is 70.8 Å². The van der Waals surface area contributed by atoms with Gasteiger partial charge < -0.3 is 8.98 Å². The summed E-state index contributed by atoms with van der Waals surface area (Å²) in [6.07, 6.45) is 3.27. The minimum atomic E-state index is -1.86. The molecular weight excluding hydrogens is 1070 g/mol. The van der Waals surface area contributed by atoms with Crippen molar-refractivity contribution >= 4 is 72.3 Å². The summed E-state index contributed by atoms with van der Waals surface area (Å²) in [6.45, 7) is 11.9. The number of furan rings is 1. The number of benzene rings is 7. The number of pyridine rings is 2. The molecule has 11 aromatic rings. The fraction of sp³-hybridized carbons (Fsp3) is 0.197. The molecule has 1 radical (unpaired) electrons. The van der Waals surface area contributed by atoms with Crippen LogP contribution >= 0.6 is 0 Å². The summed E-state index contributed by atoms with van der Waals surface area (Å²) < 4.78 is 10.6. The summed E-state index contributed by atoms with van der Waals surface area (Å²) >= 11 is -1.86. The zero-order valence-corrected chi connectivity index (χ0v) is 44.6. The first-order chi connectivity index (χ1) is 32.4. The van der Waals surface area contributed by atoms with Crippen molar-refractivity contribution < 1.29 is 24.5 Å². The first-order valence-electron chi connectivity index (χ1n) is 23.6. The van der Waals surface area contributed by atoms with Crippen molar-refractivity contribution in [3.05, 3.63) is 192 Å². The van der Waals surface area contributed by atoms with E-state index in [-0.39, 0.29) is 20.1 Å². The van der Waals surface area contributed by atoms with E-state index in [2.05, 4.69) is 190 Å². The molecule has 4 aromatic heterocycles. The Kier molecular flexibility index (Phi) is 13.4. The van der Waals surface area contributed by atoms with E-state index in [1.807, 2.05) is 36.4 Å². The Hall–Kier alpha value is -6.18. The Labute approximate surface area is 416 Å². The van der Waals surface area contributed by atoms with Gasteiger partial charge in [0.15, 0.2) is 0 Å². The minimum Gasteiger partial charge on any atom is -0.486 e. The second-order valence-electron chi connectivity index (χ2n) is 19.6. The van der Waals surface area contributed by atoms with E-state index in [9.17, 15) is 0 Å². The Bertz CT molecular complexity index is 3590. The van der Waals surface area contributed by atoms with Crippen molar-refractivity contribution in [2.24, 2.45) is 5.92 Å². The van der Waals surface area contributed by atoms with Gasteiger partial charge in [-0.3, -0.25) is 4.98 Å². The van der Waals surface area contributed by atoms with E-state index in [4.69, 9.17) is 19.4 Å². The van der Waals surface area contributed by atoms with E-state index >= 15 is 0 Å². The van der Waals surface area contributed by atoms with Crippen LogP contribution in [0.25, 0.3) is 88.5 Å². The van der Waals surface area contributed by atoms with E-state index in [0.29, 0.717) is 24.1 Å². The van der Waals surface area contributed by atoms with Crippen LogP contribution in [0.4, 0.5) is 0 Å². The summed E-state index contributed by atoms with van der Waals surface area (Å²) in [5.41, 5.74) is 13.6. The topological polar surface area (TPSA) is 56.7 Å². The number of para-hydroxylation sites is 2. The van der Waals surface area contributed by atoms with Crippen molar-refractivity contribution in [1.29, 1.82) is 0 Å². The largest absolute Gasteiger partial charge is 0.486 e. The monoisotopic (exact) mass is 1130 g/mol. The molecule has 4 heterocycles. The average molecular weight is 1130 g/mol. The molecule has 68 heavy (non-hydrogen) atoms. The van der Waals surface area contributed by atoms with Gasteiger partial charge in [0.25, 0.3) is 0 Å². The molecule has 0 unspecified atom stereocenters. The van der Waals surface area contributed by atoms with E-state index in [0.717, 1.165) is 73.3 Å². The maximum absolute atomic E-state index is 6.68. The molecule has 0 aliphatic heterocycles. The zero-order chi connectivity index (χ0) is 46.4. The van der Waals surface area contributed by atoms with Gasteiger partial charge in [-0.2, -0.15) is 0 Å². The summed E-state index contributed by atoms with van der Waals surface area (Å²) in [6, 6.07) is 59.8. The molecule has 0 spiro atoms. The van der Waals surface area contributed by atoms with Crippen molar-refractivity contribution in [3.63, 3.8) is 0 Å². The molecule has 7 aromatic carbocycles. The number of fused-ring (bicyclic) bond motifs is 7. The molecule has 0 atom stereocenters. The number of nitrogens with zero attached hydrogens (tertiary/aromatic N) is 4. The molecule has 0 bridgehead atoms. The number of imidazole rings is 1. The quantitative estimate of drug-likeness (QED) is 0.0821. The number of rotatable bonds is 9. The second kappa shape index (κ2) is 19.4. The van der Waals surface area contributed by atoms with Crippen LogP contribution in [0, 0.1) is 25.0 Å². The number of aromatic nitrogens is 4. The SMILES string of the molecule is CC(C)Cc1cc(-c2[c-]cccc2)nc[c]1[Ge]([CH3])([CH3])[CH3].Cc1c[c-]c(-c2nc3ccccc3n2Cc2c(C(C)C)c3ccccc3c3ccccc23)c2oc3nc(-c4ccccc4)ccc3c12.[Ir]. The summed E-state index contributed by atoms with van der Waals surface area (Å²) in [5.74, 6) is 9.16. The minimum absolute atomic E-state index is 0. The third-order valence-electron chi connectivity index (χ3n) is 12.9. The Morgan fingerprint density at radius 1 is 0.676 bits per heavy atom. The molecule has 0 fully saturated rings. The average Bonchev–Trinajstić information content (AvgIpc) is 3.91. The van der Waals surface area contributed by atoms with Gasteiger partial charge in [-0.25, -0.2) is 4.98 Å². The maximum atomic E-state index is 6.68. The Balaban J connectivity index is 0.000000232. The standard InChI is InChI=1S/C43H32N3O.C18H24GeN.Ir/c1-26(2)39-32-18-10-9-16-30(32)29-15-7-8-17-31(29)35(39)25-46-38-20-12-11-19-37(38)44-42(46)34-22-21-27(3)40-33-23-24-36(28-13-5-4-6-14-28)45-43(33)47-41(34)40;1-14(2)11-16-12-18(15-9-7-6-8-10-15)20-13-17(16)19(3,4)5;/h4-21,23-24,26H,25H2,1-3H3;6-9,12-14H,11H2,1-5H3;/q2*-1;. The molecule has 0 saturated heterocycles. The van der Waals surface area contributed by atoms with E-state index in [1.54, 1.807) is 4.40 Å². The van der Waals surface area contributed by atoms with Gasteiger partial charge in [0, 0.05) is 37.6 Å². The molecule has 11 rings (SSSR count). The van der Waals surface area contributed by atoms with Crippen LogP contribution in [-0.4, -0.2) is 32.8 Å². The van der Waals surface area contributed by atoms with Gasteiger partial charge in [-0.15, -0.1) is 17.7 Å². The normalized spacial score (nSPS) is 11.8. The van der Waals surface area contributed by atoms with Crippen molar-refractivity contribution in [3.8, 4) is 33.9 Å². The van der Waals surface area contributed by atoms with Crippen LogP contribution in [0.5, 0.6) is 0 Å². The smallest absolute Gasteiger partial charge is 0.216 e. The third kappa shape index (κ3) is 8.98. The molecule has 0 aliphatic carbocycles. The fourth-order valence-electron chi connectivity index (χ4n) is 9.94. The summed E-state index contributed by atoms with van der Waals surface area (Å²) in [4.78, 5) is 14.9. The molecule has 0 saturated carbocycles. The summed E-state index contributed by atoms with van der Waals surface area (Å²) in [7, 11) is 0. The van der Waals surface area contributed by atoms with Gasteiger partial charge in [0.2, 0.25) is 5.71 Å². The fourth-order valence-corrected chi connectivity index (χ4v) is 13.3. The second-order valence-corrected chi connectivity index (χ2v) is 30.1. The van der Waals surface area contributed by atoms with Crippen LogP contribution in [0.15, 0.2) is 162 Å². The predicted molar refractivity (Wildman–Crippen MR) is 284 cm³/mol. The number of aryl methyl sites for hydroxylation is 1. The van der Waals surface area contributed by atoms with Crippen LogP contribution in [0.1, 0.15) is 55.9 Å². The van der Waals surface area contributed by atoms with Crippen molar-refractivity contribution in [1.82, 2.24) is 19.5 Å². The molecule has 341 valence electrons. The van der Waals surface area contributed by atoms with Crippen LogP contribution < -0.4 is 4.40 Å². The van der Waals surface area contributed by atoms with E-state index < -0.39 is 13.3 Å². The third-order valence-corrected chi connectivity index (χ3v) is 17.3. The molecule has 5 nitrogen and oxygen atoms in total. The van der Waals surface area contributed by atoms with Gasteiger partial charge in [-0.05, 0) is 62.9 Å². The Morgan fingerprint density at radius 3 is 2.06 bits per heavy atom. The van der Waals surface area contributed by atoms with Crippen molar-refractivity contribution in [2.75, 3.05) is 0 Å². The Morgan fingerprint density at radius 2 is 1.35 bits per heavy atom. The van der Waals surface area contributed by atoms with Crippen LogP contribution in [0.2, 0.25) is 17.3 Å².